The summed E-state index contributed by atoms with van der Waals surface area (Å²) in [6, 6.07) is 15.7. The van der Waals surface area contributed by atoms with Gasteiger partial charge in [0, 0.05) is 5.69 Å². The number of anilines is 2. The molecule has 4 rings (SSSR count). The molecular formula is C28H27FN6O5. The van der Waals surface area contributed by atoms with E-state index >= 15 is 0 Å². The lowest BCUT2D eigenvalue weighted by Gasteiger charge is -2.10. The number of aromatic amines is 1. The van der Waals surface area contributed by atoms with Gasteiger partial charge in [-0.2, -0.15) is 5.10 Å². The summed E-state index contributed by atoms with van der Waals surface area (Å²) in [6.07, 6.45) is -0.559. The summed E-state index contributed by atoms with van der Waals surface area (Å²) in [4.78, 5) is 47.5. The lowest BCUT2D eigenvalue weighted by Crippen LogP contribution is -2.39. The van der Waals surface area contributed by atoms with Gasteiger partial charge in [-0.25, -0.2) is 4.39 Å². The van der Waals surface area contributed by atoms with Crippen LogP contribution in [-0.4, -0.2) is 51.6 Å². The zero-order valence-electron chi connectivity index (χ0n) is 21.5. The molecule has 0 unspecified atom stereocenters. The Morgan fingerprint density at radius 2 is 1.75 bits per heavy atom. The van der Waals surface area contributed by atoms with Crippen LogP contribution in [0.4, 0.5) is 15.9 Å². The molecule has 1 atom stereocenters. The number of hydrogen-bond donors (Lipinski definition) is 6. The third-order valence-electron chi connectivity index (χ3n) is 6.05. The average molecular weight is 547 g/mol. The van der Waals surface area contributed by atoms with E-state index in [0.717, 1.165) is 16.7 Å². The van der Waals surface area contributed by atoms with Crippen molar-refractivity contribution in [2.75, 3.05) is 17.2 Å². The Hall–Kier alpha value is -5.10. The number of halogens is 1. The number of rotatable bonds is 10. The van der Waals surface area contributed by atoms with E-state index in [0.29, 0.717) is 22.2 Å². The zero-order valence-corrected chi connectivity index (χ0v) is 21.5. The quantitative estimate of drug-likeness (QED) is 0.177. The number of aromatic nitrogens is 2. The number of carboxylic acid groups (broad SMARTS) is 1. The second kappa shape index (κ2) is 12.2. The fourth-order valence-electron chi connectivity index (χ4n) is 4.07. The molecule has 0 aliphatic rings. The van der Waals surface area contributed by atoms with Gasteiger partial charge in [0.1, 0.15) is 11.9 Å². The molecule has 0 aliphatic heterocycles. The second-order valence-electron chi connectivity index (χ2n) is 9.17. The SMILES string of the molecule is Cc1ccc(F)c(CC(=O)Nc2ccc(-c3cccc4[nH]nc(NC(=O)CNC(=O)C[C@H](N)C(=O)O)c34)cc2)c1. The van der Waals surface area contributed by atoms with Crippen molar-refractivity contribution >= 4 is 46.1 Å². The third kappa shape index (κ3) is 6.85. The standard InChI is InChI=1S/C28H27FN6O5/c1-15-5-10-20(29)17(11-15)12-24(37)32-18-8-6-16(7-9-18)19-3-2-4-22-26(19)27(35-34-22)33-25(38)14-31-23(36)13-21(30)28(39)40/h2-11,21H,12-14,30H2,1H3,(H,31,36)(H,32,37)(H,39,40)(H2,33,34,35,38)/t21-/m0/s1. The number of hydrogen-bond acceptors (Lipinski definition) is 6. The highest BCUT2D eigenvalue weighted by molar-refractivity contribution is 6.07. The Labute approximate surface area is 228 Å². The number of benzene rings is 3. The van der Waals surface area contributed by atoms with Gasteiger partial charge in [-0.15, -0.1) is 0 Å². The first-order valence-electron chi connectivity index (χ1n) is 12.3. The molecule has 0 saturated carbocycles. The van der Waals surface area contributed by atoms with E-state index < -0.39 is 42.6 Å². The molecule has 3 amide bonds. The van der Waals surface area contributed by atoms with E-state index in [-0.39, 0.29) is 18.1 Å². The molecule has 0 radical (unpaired) electrons. The monoisotopic (exact) mass is 546 g/mol. The molecule has 206 valence electrons. The van der Waals surface area contributed by atoms with E-state index in [1.165, 1.54) is 6.07 Å². The molecule has 3 aromatic carbocycles. The smallest absolute Gasteiger partial charge is 0.321 e. The van der Waals surface area contributed by atoms with Crippen LogP contribution < -0.4 is 21.7 Å². The number of nitrogens with one attached hydrogen (secondary N) is 4. The van der Waals surface area contributed by atoms with Crippen LogP contribution in [0.25, 0.3) is 22.0 Å². The Balaban J connectivity index is 1.44. The number of nitrogens with zero attached hydrogens (tertiary/aromatic N) is 1. The first-order chi connectivity index (χ1) is 19.1. The average Bonchev–Trinajstić information content (AvgIpc) is 3.32. The predicted molar refractivity (Wildman–Crippen MR) is 147 cm³/mol. The summed E-state index contributed by atoms with van der Waals surface area (Å²) in [5, 5.41) is 24.2. The first-order valence-corrected chi connectivity index (χ1v) is 12.3. The first kappa shape index (κ1) is 27.9. The minimum Gasteiger partial charge on any atom is -0.480 e. The number of carbonyl (C=O) groups is 4. The summed E-state index contributed by atoms with van der Waals surface area (Å²) in [5.41, 5.74) is 9.23. The van der Waals surface area contributed by atoms with Crippen LogP contribution >= 0.6 is 0 Å². The van der Waals surface area contributed by atoms with E-state index in [1.807, 2.05) is 19.1 Å². The molecule has 0 spiro atoms. The van der Waals surface area contributed by atoms with Crippen LogP contribution in [-0.2, 0) is 25.6 Å². The number of amides is 3. The van der Waals surface area contributed by atoms with E-state index in [1.54, 1.807) is 42.5 Å². The summed E-state index contributed by atoms with van der Waals surface area (Å²) in [6.45, 7) is 1.43. The van der Waals surface area contributed by atoms with Crippen LogP contribution in [0.15, 0.2) is 60.7 Å². The van der Waals surface area contributed by atoms with Crippen molar-refractivity contribution < 1.29 is 28.7 Å². The molecule has 4 aromatic rings. The van der Waals surface area contributed by atoms with Gasteiger partial charge in [0.25, 0.3) is 0 Å². The molecule has 1 heterocycles. The summed E-state index contributed by atoms with van der Waals surface area (Å²) in [5.74, 6) is -3.10. The van der Waals surface area contributed by atoms with Gasteiger partial charge >= 0.3 is 5.97 Å². The van der Waals surface area contributed by atoms with Crippen LogP contribution in [0.2, 0.25) is 0 Å². The molecule has 1 aromatic heterocycles. The van der Waals surface area contributed by atoms with Crippen LogP contribution in [0.3, 0.4) is 0 Å². The maximum atomic E-state index is 14.0. The number of carbonyl (C=O) groups excluding carboxylic acids is 3. The van der Waals surface area contributed by atoms with Crippen LogP contribution in [0, 0.1) is 12.7 Å². The molecular weight excluding hydrogens is 519 g/mol. The summed E-state index contributed by atoms with van der Waals surface area (Å²) < 4.78 is 14.0. The highest BCUT2D eigenvalue weighted by atomic mass is 19.1. The van der Waals surface area contributed by atoms with Gasteiger partial charge in [0.05, 0.1) is 30.3 Å². The number of nitrogens with two attached hydrogens (primary N) is 1. The molecule has 12 heteroatoms. The van der Waals surface area contributed by atoms with Gasteiger partial charge in [-0.05, 0) is 47.9 Å². The molecule has 11 nitrogen and oxygen atoms in total. The normalized spacial score (nSPS) is 11.6. The molecule has 0 fully saturated rings. The highest BCUT2D eigenvalue weighted by Gasteiger charge is 2.18. The van der Waals surface area contributed by atoms with Crippen molar-refractivity contribution in [2.45, 2.75) is 25.8 Å². The lowest BCUT2D eigenvalue weighted by atomic mass is 10.0. The Kier molecular flexibility index (Phi) is 8.50. The Bertz CT molecular complexity index is 1580. The highest BCUT2D eigenvalue weighted by Crippen LogP contribution is 2.33. The second-order valence-corrected chi connectivity index (χ2v) is 9.17. The zero-order chi connectivity index (χ0) is 28.8. The van der Waals surface area contributed by atoms with Gasteiger partial charge < -0.3 is 26.8 Å². The number of fused-ring (bicyclic) bond motifs is 1. The van der Waals surface area contributed by atoms with Crippen molar-refractivity contribution in [1.82, 2.24) is 15.5 Å². The van der Waals surface area contributed by atoms with Crippen molar-refractivity contribution in [3.8, 4) is 11.1 Å². The van der Waals surface area contributed by atoms with Crippen molar-refractivity contribution in [3.63, 3.8) is 0 Å². The molecule has 40 heavy (non-hydrogen) atoms. The minimum atomic E-state index is -1.36. The van der Waals surface area contributed by atoms with Crippen LogP contribution in [0.5, 0.6) is 0 Å². The number of H-pyrrole nitrogens is 1. The Morgan fingerprint density at radius 3 is 2.48 bits per heavy atom. The fourth-order valence-corrected chi connectivity index (χ4v) is 4.07. The topological polar surface area (TPSA) is 179 Å². The molecule has 0 saturated heterocycles. The number of aliphatic carboxylic acids is 1. The van der Waals surface area contributed by atoms with E-state index in [2.05, 4.69) is 26.1 Å². The van der Waals surface area contributed by atoms with Crippen molar-refractivity contribution in [1.29, 1.82) is 0 Å². The minimum absolute atomic E-state index is 0.0978. The van der Waals surface area contributed by atoms with Crippen LogP contribution in [0.1, 0.15) is 17.5 Å². The summed E-state index contributed by atoms with van der Waals surface area (Å²) in [7, 11) is 0. The van der Waals surface area contributed by atoms with E-state index in [9.17, 15) is 23.6 Å². The molecule has 0 bridgehead atoms. The van der Waals surface area contributed by atoms with Gasteiger partial charge in [-0.1, -0.05) is 42.0 Å². The number of carboxylic acids is 1. The van der Waals surface area contributed by atoms with Gasteiger partial charge in [0.2, 0.25) is 17.7 Å². The Morgan fingerprint density at radius 1 is 1.00 bits per heavy atom. The number of aryl methyl sites for hydroxylation is 1. The maximum absolute atomic E-state index is 14.0. The van der Waals surface area contributed by atoms with Gasteiger partial charge in [-0.3, -0.25) is 24.3 Å². The molecule has 7 N–H and O–H groups in total. The predicted octanol–water partition coefficient (Wildman–Crippen LogP) is 2.72. The lowest BCUT2D eigenvalue weighted by molar-refractivity contribution is -0.140. The van der Waals surface area contributed by atoms with Crippen molar-refractivity contribution in [3.05, 3.63) is 77.6 Å². The van der Waals surface area contributed by atoms with E-state index in [4.69, 9.17) is 10.8 Å². The van der Waals surface area contributed by atoms with Crippen molar-refractivity contribution in [2.24, 2.45) is 5.73 Å². The fraction of sp³-hybridized carbons (Fsp3) is 0.179. The van der Waals surface area contributed by atoms with Gasteiger partial charge in [0.15, 0.2) is 5.82 Å². The third-order valence-corrected chi connectivity index (χ3v) is 6.05. The maximum Gasteiger partial charge on any atom is 0.321 e. The summed E-state index contributed by atoms with van der Waals surface area (Å²) >= 11 is 0. The largest absolute Gasteiger partial charge is 0.480 e. The molecule has 0 aliphatic carbocycles.